The Morgan fingerprint density at radius 2 is 2.00 bits per heavy atom. The van der Waals surface area contributed by atoms with Crippen molar-refractivity contribution in [1.29, 1.82) is 0 Å². The first-order valence-electron chi connectivity index (χ1n) is 7.99. The monoisotopic (exact) mass is 368 g/mol. The van der Waals surface area contributed by atoms with Crippen molar-refractivity contribution >= 4 is 18.0 Å². The smallest absolute Gasteiger partial charge is 0.187 e. The highest BCUT2D eigenvalue weighted by atomic mass is 32.2. The summed E-state index contributed by atoms with van der Waals surface area (Å²) >= 11 is 1.39. The number of rotatable bonds is 7. The van der Waals surface area contributed by atoms with Crippen molar-refractivity contribution in [2.45, 2.75) is 17.7 Å². The van der Waals surface area contributed by atoms with Gasteiger partial charge in [-0.3, -0.25) is 0 Å². The zero-order chi connectivity index (χ0) is 18.4. The second kappa shape index (κ2) is 8.58. The van der Waals surface area contributed by atoms with Crippen LogP contribution in [0.2, 0.25) is 0 Å². The summed E-state index contributed by atoms with van der Waals surface area (Å²) in [6.45, 7) is 0.247. The third-order valence-corrected chi connectivity index (χ3v) is 4.41. The van der Waals surface area contributed by atoms with Gasteiger partial charge in [-0.2, -0.15) is 0 Å². The number of hydrogen-bond acceptors (Lipinski definition) is 5. The minimum Gasteiger partial charge on any atom is -0.486 e. The van der Waals surface area contributed by atoms with Crippen molar-refractivity contribution in [3.8, 4) is 5.75 Å². The summed E-state index contributed by atoms with van der Waals surface area (Å²) < 4.78 is 19.7. The third-order valence-electron chi connectivity index (χ3n) is 3.84. The Balaban J connectivity index is 1.85. The molecule has 0 amide bonds. The molecule has 0 aliphatic rings. The summed E-state index contributed by atoms with van der Waals surface area (Å²) in [4.78, 5) is 20.2. The average molecular weight is 368 g/mol. The number of thioether (sulfide) groups is 1. The van der Waals surface area contributed by atoms with Crippen LogP contribution in [0, 0.1) is 5.82 Å². The van der Waals surface area contributed by atoms with Crippen molar-refractivity contribution < 1.29 is 13.9 Å². The molecule has 0 spiro atoms. The van der Waals surface area contributed by atoms with E-state index in [0.717, 1.165) is 11.8 Å². The number of aromatic nitrogens is 2. The fraction of sp³-hybridized carbons (Fsp3) is 0.150. The van der Waals surface area contributed by atoms with Gasteiger partial charge in [0, 0.05) is 6.20 Å². The summed E-state index contributed by atoms with van der Waals surface area (Å²) in [5.74, 6) is -0.970. The van der Waals surface area contributed by atoms with E-state index in [4.69, 9.17) is 4.74 Å². The maximum absolute atomic E-state index is 14.1. The number of carbonyl (C=O) groups is 1. The molecule has 1 heterocycles. The van der Waals surface area contributed by atoms with Gasteiger partial charge in [0.05, 0.1) is 11.6 Å². The van der Waals surface area contributed by atoms with Gasteiger partial charge in [0.15, 0.2) is 16.7 Å². The standard InChI is InChI=1S/C20H17FN2O2S/c1-26-20-22-10-9-18(23-20)16(12-24)15-7-8-17(21)19(11-15)25-13-14-5-3-2-4-6-14/h2-12,16H,13H2,1H3. The van der Waals surface area contributed by atoms with Gasteiger partial charge >= 0.3 is 0 Å². The number of nitrogens with zero attached hydrogens (tertiary/aromatic N) is 2. The summed E-state index contributed by atoms with van der Waals surface area (Å²) in [5.41, 5.74) is 2.12. The maximum Gasteiger partial charge on any atom is 0.187 e. The maximum atomic E-state index is 14.1. The van der Waals surface area contributed by atoms with Gasteiger partial charge in [-0.15, -0.1) is 0 Å². The summed E-state index contributed by atoms with van der Waals surface area (Å²) in [6, 6.07) is 15.6. The number of aldehydes is 1. The van der Waals surface area contributed by atoms with Gasteiger partial charge in [0.25, 0.3) is 0 Å². The van der Waals surface area contributed by atoms with Crippen molar-refractivity contribution in [2.24, 2.45) is 0 Å². The second-order valence-electron chi connectivity index (χ2n) is 5.55. The molecule has 0 fully saturated rings. The second-order valence-corrected chi connectivity index (χ2v) is 6.32. The van der Waals surface area contributed by atoms with E-state index in [1.807, 2.05) is 36.6 Å². The van der Waals surface area contributed by atoms with Crippen LogP contribution in [-0.4, -0.2) is 22.5 Å². The molecule has 1 aromatic heterocycles. The van der Waals surface area contributed by atoms with Crippen LogP contribution >= 0.6 is 11.8 Å². The van der Waals surface area contributed by atoms with Crippen LogP contribution in [0.5, 0.6) is 5.75 Å². The van der Waals surface area contributed by atoms with Gasteiger partial charge in [-0.05, 0) is 35.6 Å². The molecule has 0 aliphatic heterocycles. The molecule has 1 atom stereocenters. The quantitative estimate of drug-likeness (QED) is 0.355. The molecule has 3 rings (SSSR count). The fourth-order valence-electron chi connectivity index (χ4n) is 2.50. The van der Waals surface area contributed by atoms with E-state index in [0.29, 0.717) is 16.4 Å². The van der Waals surface area contributed by atoms with Crippen molar-refractivity contribution in [2.75, 3.05) is 6.26 Å². The molecule has 2 aromatic carbocycles. The fourth-order valence-corrected chi connectivity index (χ4v) is 2.87. The summed E-state index contributed by atoms with van der Waals surface area (Å²) in [7, 11) is 0. The molecule has 132 valence electrons. The topological polar surface area (TPSA) is 52.1 Å². The lowest BCUT2D eigenvalue weighted by molar-refractivity contribution is -0.108. The van der Waals surface area contributed by atoms with E-state index in [2.05, 4.69) is 9.97 Å². The Hall–Kier alpha value is -2.73. The third kappa shape index (κ3) is 4.26. The van der Waals surface area contributed by atoms with Gasteiger partial charge in [0.1, 0.15) is 12.9 Å². The SMILES string of the molecule is CSc1nccc(C(C=O)c2ccc(F)c(OCc3ccccc3)c2)n1. The van der Waals surface area contributed by atoms with E-state index in [1.165, 1.54) is 17.8 Å². The Kier molecular flexibility index (Phi) is 5.96. The van der Waals surface area contributed by atoms with Crippen LogP contribution < -0.4 is 4.74 Å². The first kappa shape index (κ1) is 18.1. The van der Waals surface area contributed by atoms with Crippen LogP contribution in [0.15, 0.2) is 66.0 Å². The zero-order valence-corrected chi connectivity index (χ0v) is 14.9. The summed E-state index contributed by atoms with van der Waals surface area (Å²) in [6.07, 6.45) is 4.27. The van der Waals surface area contributed by atoms with Gasteiger partial charge in [-0.1, -0.05) is 48.2 Å². The Morgan fingerprint density at radius 3 is 2.73 bits per heavy atom. The normalized spacial score (nSPS) is 11.8. The first-order valence-corrected chi connectivity index (χ1v) is 9.22. The van der Waals surface area contributed by atoms with Crippen LogP contribution in [0.3, 0.4) is 0 Å². The molecular weight excluding hydrogens is 351 g/mol. The van der Waals surface area contributed by atoms with E-state index >= 15 is 0 Å². The summed E-state index contributed by atoms with van der Waals surface area (Å²) in [5, 5.41) is 0.581. The lowest BCUT2D eigenvalue weighted by Gasteiger charge is -2.14. The van der Waals surface area contributed by atoms with Gasteiger partial charge in [-0.25, -0.2) is 14.4 Å². The van der Waals surface area contributed by atoms with Crippen molar-refractivity contribution in [3.63, 3.8) is 0 Å². The number of ether oxygens (including phenoxy) is 1. The Morgan fingerprint density at radius 1 is 1.19 bits per heavy atom. The molecule has 3 aromatic rings. The van der Waals surface area contributed by atoms with Crippen molar-refractivity contribution in [3.05, 3.63) is 83.4 Å². The number of benzene rings is 2. The lowest BCUT2D eigenvalue weighted by atomic mass is 9.96. The van der Waals surface area contributed by atoms with Gasteiger partial charge in [0.2, 0.25) is 0 Å². The van der Waals surface area contributed by atoms with E-state index in [9.17, 15) is 9.18 Å². The lowest BCUT2D eigenvalue weighted by Crippen LogP contribution is -2.07. The van der Waals surface area contributed by atoms with Crippen LogP contribution in [0.4, 0.5) is 4.39 Å². The molecular formula is C20H17FN2O2S. The van der Waals surface area contributed by atoms with Gasteiger partial charge < -0.3 is 9.53 Å². The number of halogens is 1. The van der Waals surface area contributed by atoms with E-state index in [1.54, 1.807) is 24.4 Å². The highest BCUT2D eigenvalue weighted by molar-refractivity contribution is 7.98. The molecule has 0 saturated carbocycles. The first-order chi connectivity index (χ1) is 12.7. The van der Waals surface area contributed by atoms with E-state index < -0.39 is 11.7 Å². The van der Waals surface area contributed by atoms with Crippen LogP contribution in [-0.2, 0) is 11.4 Å². The molecule has 0 saturated heterocycles. The minimum absolute atomic E-state index is 0.109. The molecule has 0 N–H and O–H groups in total. The number of hydrogen-bond donors (Lipinski definition) is 0. The Bertz CT molecular complexity index is 890. The molecule has 0 aliphatic carbocycles. The highest BCUT2D eigenvalue weighted by Crippen LogP contribution is 2.28. The van der Waals surface area contributed by atoms with Crippen LogP contribution in [0.1, 0.15) is 22.7 Å². The Labute approximate surface area is 155 Å². The van der Waals surface area contributed by atoms with E-state index in [-0.39, 0.29) is 12.4 Å². The predicted octanol–water partition coefficient (Wildman–Crippen LogP) is 4.25. The number of carbonyl (C=O) groups excluding carboxylic acids is 1. The van der Waals surface area contributed by atoms with Crippen LogP contribution in [0.25, 0.3) is 0 Å². The average Bonchev–Trinajstić information content (AvgIpc) is 2.69. The predicted molar refractivity (Wildman–Crippen MR) is 98.9 cm³/mol. The minimum atomic E-state index is -0.608. The molecule has 4 nitrogen and oxygen atoms in total. The molecule has 1 unspecified atom stereocenters. The largest absolute Gasteiger partial charge is 0.486 e. The molecule has 26 heavy (non-hydrogen) atoms. The molecule has 6 heteroatoms. The zero-order valence-electron chi connectivity index (χ0n) is 14.1. The van der Waals surface area contributed by atoms with Crippen molar-refractivity contribution in [1.82, 2.24) is 9.97 Å². The highest BCUT2D eigenvalue weighted by Gasteiger charge is 2.18. The molecule has 0 bridgehead atoms. The molecule has 0 radical (unpaired) electrons.